The summed E-state index contributed by atoms with van der Waals surface area (Å²) in [4.78, 5) is 12.9. The second-order valence-electron chi connectivity index (χ2n) is 4.64. The van der Waals surface area contributed by atoms with E-state index in [1.165, 1.54) is 0 Å². The first-order valence-corrected chi connectivity index (χ1v) is 5.50. The highest BCUT2D eigenvalue weighted by Gasteiger charge is 2.56. The molecule has 1 aliphatic heterocycles. The van der Waals surface area contributed by atoms with Crippen molar-refractivity contribution in [2.45, 2.75) is 37.7 Å². The lowest BCUT2D eigenvalue weighted by atomic mass is 9.99. The van der Waals surface area contributed by atoms with Crippen LogP contribution in [0.1, 0.15) is 13.8 Å². The number of nitrogens with zero attached hydrogens (tertiary/aromatic N) is 1. The zero-order chi connectivity index (χ0) is 14.1. The van der Waals surface area contributed by atoms with E-state index in [1.54, 1.807) is 6.92 Å². The van der Waals surface area contributed by atoms with Crippen molar-refractivity contribution in [3.63, 3.8) is 0 Å². The summed E-state index contributed by atoms with van der Waals surface area (Å²) in [5.41, 5.74) is 2.17. The molecule has 1 aliphatic rings. The molecule has 0 saturated carbocycles. The average molecular weight is 270 g/mol. The number of aliphatic hydroxyl groups excluding tert-OH is 1. The summed E-state index contributed by atoms with van der Waals surface area (Å²) >= 11 is 0. The number of nitrogens with two attached hydrogens (primary N) is 1. The van der Waals surface area contributed by atoms with Gasteiger partial charge >= 0.3 is 6.18 Å². The maximum atomic E-state index is 12.7. The zero-order valence-corrected chi connectivity index (χ0v) is 10.2. The van der Waals surface area contributed by atoms with Gasteiger partial charge in [-0.25, -0.2) is 0 Å². The van der Waals surface area contributed by atoms with Gasteiger partial charge in [0.2, 0.25) is 0 Å². The molecule has 0 spiro atoms. The molecule has 0 aromatic carbocycles. The Morgan fingerprint density at radius 3 is 2.56 bits per heavy atom. The van der Waals surface area contributed by atoms with Crippen molar-refractivity contribution in [2.75, 3.05) is 19.8 Å². The van der Waals surface area contributed by atoms with Crippen LogP contribution in [0, 0.1) is 0 Å². The Hall–Kier alpha value is -0.860. The summed E-state index contributed by atoms with van der Waals surface area (Å²) < 4.78 is 43.2. The van der Waals surface area contributed by atoms with Crippen LogP contribution in [0.5, 0.6) is 0 Å². The number of aliphatic hydroxyl groups is 1. The van der Waals surface area contributed by atoms with Crippen molar-refractivity contribution < 1.29 is 27.8 Å². The van der Waals surface area contributed by atoms with Crippen LogP contribution in [0.3, 0.4) is 0 Å². The van der Waals surface area contributed by atoms with Crippen molar-refractivity contribution in [1.82, 2.24) is 4.90 Å². The van der Waals surface area contributed by atoms with Gasteiger partial charge in [-0.15, -0.1) is 0 Å². The summed E-state index contributed by atoms with van der Waals surface area (Å²) in [7, 11) is 0. The second kappa shape index (κ2) is 5.02. The van der Waals surface area contributed by atoms with E-state index in [0.29, 0.717) is 6.92 Å². The second-order valence-corrected chi connectivity index (χ2v) is 4.64. The van der Waals surface area contributed by atoms with Crippen LogP contribution >= 0.6 is 0 Å². The molecule has 18 heavy (non-hydrogen) atoms. The molecule has 5 nitrogen and oxygen atoms in total. The molecule has 1 saturated heterocycles. The maximum Gasteiger partial charge on any atom is 0.415 e. The first kappa shape index (κ1) is 15.2. The summed E-state index contributed by atoms with van der Waals surface area (Å²) in [6, 6.07) is -0.509. The smallest absolute Gasteiger partial charge is 0.394 e. The molecule has 1 rings (SSSR count). The number of hydrogen-bond donors (Lipinski definition) is 2. The first-order valence-electron chi connectivity index (χ1n) is 5.50. The largest absolute Gasteiger partial charge is 0.415 e. The van der Waals surface area contributed by atoms with Crippen LogP contribution in [-0.2, 0) is 9.53 Å². The fourth-order valence-corrected chi connectivity index (χ4v) is 1.63. The Labute approximate surface area is 103 Å². The van der Waals surface area contributed by atoms with E-state index in [9.17, 15) is 18.0 Å². The molecule has 8 heteroatoms. The Bertz CT molecular complexity index is 320. The normalized spacial score (nSPS) is 28.9. The standard InChI is InChI=1S/C10H17F3N2O3/c1-6-5-18-7(4-16)3-15(6)8(17)9(2,14)10(11,12)13/h6-7,16H,3-5,14H2,1-2H3. The third-order valence-corrected chi connectivity index (χ3v) is 3.00. The lowest BCUT2D eigenvalue weighted by Gasteiger charge is -2.41. The summed E-state index contributed by atoms with van der Waals surface area (Å²) in [5.74, 6) is -1.20. The highest BCUT2D eigenvalue weighted by Crippen LogP contribution is 2.30. The SMILES string of the molecule is CC1COC(CO)CN1C(=O)C(C)(N)C(F)(F)F. The first-order chi connectivity index (χ1) is 8.11. The van der Waals surface area contributed by atoms with Gasteiger partial charge in [0, 0.05) is 6.54 Å². The predicted octanol–water partition coefficient (Wildman–Crippen LogP) is -0.126. The molecular weight excluding hydrogens is 253 g/mol. The molecule has 1 fully saturated rings. The molecule has 3 atom stereocenters. The van der Waals surface area contributed by atoms with Crippen LogP contribution < -0.4 is 5.73 Å². The number of morpholine rings is 1. The van der Waals surface area contributed by atoms with Gasteiger partial charge in [-0.1, -0.05) is 0 Å². The minimum Gasteiger partial charge on any atom is -0.394 e. The number of carbonyl (C=O) groups is 1. The lowest BCUT2D eigenvalue weighted by Crippen LogP contribution is -2.66. The molecule has 0 bridgehead atoms. The third kappa shape index (κ3) is 2.76. The monoisotopic (exact) mass is 270 g/mol. The quantitative estimate of drug-likeness (QED) is 0.733. The van der Waals surface area contributed by atoms with E-state index < -0.39 is 29.8 Å². The number of amides is 1. The molecular formula is C10H17F3N2O3. The van der Waals surface area contributed by atoms with Crippen molar-refractivity contribution in [3.8, 4) is 0 Å². The van der Waals surface area contributed by atoms with Gasteiger partial charge < -0.3 is 20.5 Å². The van der Waals surface area contributed by atoms with Gasteiger partial charge in [-0.2, -0.15) is 13.2 Å². The summed E-state index contributed by atoms with van der Waals surface area (Å²) in [6.45, 7) is 1.83. The average Bonchev–Trinajstić information content (AvgIpc) is 2.27. The minimum absolute atomic E-state index is 0.0743. The molecule has 0 aromatic heterocycles. The Kier molecular flexibility index (Phi) is 4.24. The Morgan fingerprint density at radius 2 is 2.11 bits per heavy atom. The lowest BCUT2D eigenvalue weighted by molar-refractivity contribution is -0.199. The summed E-state index contributed by atoms with van der Waals surface area (Å²) in [5, 5.41) is 8.92. The van der Waals surface area contributed by atoms with E-state index in [2.05, 4.69) is 0 Å². The van der Waals surface area contributed by atoms with Gasteiger partial charge in [0.25, 0.3) is 5.91 Å². The minimum atomic E-state index is -4.82. The van der Waals surface area contributed by atoms with Crippen LogP contribution in [0.2, 0.25) is 0 Å². The van der Waals surface area contributed by atoms with Crippen LogP contribution in [-0.4, -0.2) is 59.5 Å². The van der Waals surface area contributed by atoms with Gasteiger partial charge in [0.1, 0.15) is 0 Å². The Balaban J connectivity index is 2.88. The zero-order valence-electron chi connectivity index (χ0n) is 10.2. The van der Waals surface area contributed by atoms with E-state index in [0.717, 1.165) is 4.90 Å². The Morgan fingerprint density at radius 1 is 1.56 bits per heavy atom. The number of halogens is 3. The molecule has 0 aliphatic carbocycles. The molecule has 0 radical (unpaired) electrons. The van der Waals surface area contributed by atoms with Gasteiger partial charge in [-0.3, -0.25) is 4.79 Å². The summed E-state index contributed by atoms with van der Waals surface area (Å²) in [6.07, 6.45) is -5.49. The van der Waals surface area contributed by atoms with Gasteiger partial charge in [-0.05, 0) is 13.8 Å². The maximum absolute atomic E-state index is 12.7. The highest BCUT2D eigenvalue weighted by molar-refractivity contribution is 5.87. The number of rotatable bonds is 2. The van der Waals surface area contributed by atoms with Crippen molar-refractivity contribution in [2.24, 2.45) is 5.73 Å². The third-order valence-electron chi connectivity index (χ3n) is 3.00. The number of alkyl halides is 3. The molecule has 1 amide bonds. The van der Waals surface area contributed by atoms with E-state index in [1.807, 2.05) is 0 Å². The number of ether oxygens (including phenoxy) is 1. The van der Waals surface area contributed by atoms with Gasteiger partial charge in [0.05, 0.1) is 25.4 Å². The topological polar surface area (TPSA) is 75.8 Å². The van der Waals surface area contributed by atoms with E-state index in [4.69, 9.17) is 15.6 Å². The van der Waals surface area contributed by atoms with E-state index in [-0.39, 0.29) is 19.8 Å². The van der Waals surface area contributed by atoms with Crippen molar-refractivity contribution in [1.29, 1.82) is 0 Å². The molecule has 3 N–H and O–H groups in total. The fourth-order valence-electron chi connectivity index (χ4n) is 1.63. The highest BCUT2D eigenvalue weighted by atomic mass is 19.4. The molecule has 1 heterocycles. The number of hydrogen-bond acceptors (Lipinski definition) is 4. The predicted molar refractivity (Wildman–Crippen MR) is 56.6 cm³/mol. The van der Waals surface area contributed by atoms with Crippen molar-refractivity contribution in [3.05, 3.63) is 0 Å². The molecule has 0 aromatic rings. The molecule has 106 valence electrons. The van der Waals surface area contributed by atoms with Crippen LogP contribution in [0.4, 0.5) is 13.2 Å². The number of carbonyl (C=O) groups excluding carboxylic acids is 1. The van der Waals surface area contributed by atoms with Crippen molar-refractivity contribution >= 4 is 5.91 Å². The van der Waals surface area contributed by atoms with Gasteiger partial charge in [0.15, 0.2) is 5.54 Å². The van der Waals surface area contributed by atoms with E-state index >= 15 is 0 Å². The van der Waals surface area contributed by atoms with Crippen LogP contribution in [0.25, 0.3) is 0 Å². The fraction of sp³-hybridized carbons (Fsp3) is 0.900. The molecule has 3 unspecified atom stereocenters. The van der Waals surface area contributed by atoms with Crippen LogP contribution in [0.15, 0.2) is 0 Å².